The average Bonchev–Trinajstić information content (AvgIpc) is 2.50. The number of carbonyl (C=O) groups is 1. The maximum absolute atomic E-state index is 12.4. The summed E-state index contributed by atoms with van der Waals surface area (Å²) in [6.07, 6.45) is -0.375. The second kappa shape index (κ2) is 5.96. The zero-order chi connectivity index (χ0) is 14.8. The molecule has 21 heavy (non-hydrogen) atoms. The molecular weight excluding hydrogens is 309 g/mol. The topological polar surface area (TPSA) is 38.3 Å². The molecule has 2 aromatic rings. The largest absolute Gasteiger partial charge is 0.479 e. The third-order valence-electron chi connectivity index (χ3n) is 3.41. The minimum atomic E-state index is -0.535. The van der Waals surface area contributed by atoms with Crippen molar-refractivity contribution in [1.82, 2.24) is 0 Å². The molecule has 0 saturated heterocycles. The highest BCUT2D eigenvalue weighted by Crippen LogP contribution is 2.30. The number of benzene rings is 2. The predicted octanol–water partition coefficient (Wildman–Crippen LogP) is 3.98. The highest BCUT2D eigenvalue weighted by molar-refractivity contribution is 6.36. The van der Waals surface area contributed by atoms with Crippen molar-refractivity contribution in [1.29, 1.82) is 0 Å². The van der Waals surface area contributed by atoms with E-state index < -0.39 is 6.10 Å². The summed E-state index contributed by atoms with van der Waals surface area (Å²) in [5.74, 6) is 0.638. The molecule has 1 N–H and O–H groups in total. The fourth-order valence-electron chi connectivity index (χ4n) is 2.28. The Morgan fingerprint density at radius 2 is 1.86 bits per heavy atom. The lowest BCUT2D eigenvalue weighted by Gasteiger charge is -2.26. The van der Waals surface area contributed by atoms with E-state index in [1.165, 1.54) is 0 Å². The van der Waals surface area contributed by atoms with Crippen molar-refractivity contribution >= 4 is 34.7 Å². The molecule has 5 heteroatoms. The Morgan fingerprint density at radius 3 is 2.62 bits per heavy atom. The van der Waals surface area contributed by atoms with Crippen LogP contribution in [0.4, 0.5) is 5.69 Å². The summed E-state index contributed by atoms with van der Waals surface area (Å²) in [6.45, 7) is 0.442. The monoisotopic (exact) mass is 321 g/mol. The Labute approximate surface area is 132 Å². The molecule has 3 rings (SSSR count). The number of Topliss-reactive ketones (excluding diaryl/α,β-unsaturated/α-hetero) is 1. The van der Waals surface area contributed by atoms with Crippen molar-refractivity contribution in [3.8, 4) is 5.75 Å². The molecule has 0 bridgehead atoms. The first kappa shape index (κ1) is 14.2. The van der Waals surface area contributed by atoms with Crippen LogP contribution in [0.2, 0.25) is 10.0 Å². The first-order valence-electron chi connectivity index (χ1n) is 6.60. The molecule has 2 aromatic carbocycles. The number of carbonyl (C=O) groups excluding carboxylic acids is 1. The third kappa shape index (κ3) is 2.99. The second-order valence-electron chi connectivity index (χ2n) is 4.83. The molecule has 3 nitrogen and oxygen atoms in total. The van der Waals surface area contributed by atoms with Gasteiger partial charge >= 0.3 is 0 Å². The second-order valence-corrected chi connectivity index (χ2v) is 5.64. The highest BCUT2D eigenvalue weighted by Gasteiger charge is 2.26. The number of para-hydroxylation sites is 2. The summed E-state index contributed by atoms with van der Waals surface area (Å²) < 4.78 is 5.75. The Hall–Kier alpha value is -1.71. The van der Waals surface area contributed by atoms with Gasteiger partial charge in [0, 0.05) is 16.5 Å². The lowest BCUT2D eigenvalue weighted by Crippen LogP contribution is -2.38. The fourth-order valence-corrected chi connectivity index (χ4v) is 2.81. The number of anilines is 1. The predicted molar refractivity (Wildman–Crippen MR) is 84.5 cm³/mol. The normalized spacial score (nSPS) is 16.6. The number of ketones is 1. The van der Waals surface area contributed by atoms with Crippen molar-refractivity contribution in [3.05, 3.63) is 58.1 Å². The van der Waals surface area contributed by atoms with Crippen molar-refractivity contribution in [3.63, 3.8) is 0 Å². The van der Waals surface area contributed by atoms with Crippen LogP contribution in [-0.2, 0) is 11.2 Å². The van der Waals surface area contributed by atoms with E-state index in [0.29, 0.717) is 27.9 Å². The summed E-state index contributed by atoms with van der Waals surface area (Å²) >= 11 is 12.2. The van der Waals surface area contributed by atoms with Gasteiger partial charge in [0.15, 0.2) is 11.9 Å². The average molecular weight is 322 g/mol. The summed E-state index contributed by atoms with van der Waals surface area (Å²) in [7, 11) is 0. The van der Waals surface area contributed by atoms with Crippen LogP contribution in [0.25, 0.3) is 0 Å². The van der Waals surface area contributed by atoms with Gasteiger partial charge in [0.2, 0.25) is 0 Å². The molecule has 1 heterocycles. The summed E-state index contributed by atoms with van der Waals surface area (Å²) in [6, 6.07) is 12.8. The molecular formula is C16H13Cl2NO2. The maximum atomic E-state index is 12.4. The highest BCUT2D eigenvalue weighted by atomic mass is 35.5. The first-order chi connectivity index (χ1) is 10.1. The number of ether oxygens (including phenoxy) is 1. The van der Waals surface area contributed by atoms with Gasteiger partial charge in [-0.25, -0.2) is 0 Å². The van der Waals surface area contributed by atoms with Crippen LogP contribution in [0.5, 0.6) is 5.75 Å². The van der Waals surface area contributed by atoms with Crippen LogP contribution in [-0.4, -0.2) is 18.4 Å². The summed E-state index contributed by atoms with van der Waals surface area (Å²) in [5.41, 5.74) is 1.55. The van der Waals surface area contributed by atoms with Crippen LogP contribution in [0, 0.1) is 0 Å². The van der Waals surface area contributed by atoms with Gasteiger partial charge in [-0.2, -0.15) is 0 Å². The quantitative estimate of drug-likeness (QED) is 0.929. The molecule has 1 unspecified atom stereocenters. The van der Waals surface area contributed by atoms with E-state index in [0.717, 1.165) is 5.69 Å². The van der Waals surface area contributed by atoms with Crippen molar-refractivity contribution in [2.45, 2.75) is 12.5 Å². The van der Waals surface area contributed by atoms with Gasteiger partial charge < -0.3 is 10.1 Å². The van der Waals surface area contributed by atoms with Crippen LogP contribution in [0.15, 0.2) is 42.5 Å². The molecule has 1 atom stereocenters. The molecule has 1 aliphatic heterocycles. The van der Waals surface area contributed by atoms with Crippen LogP contribution in [0.1, 0.15) is 5.56 Å². The van der Waals surface area contributed by atoms with E-state index in [-0.39, 0.29) is 12.2 Å². The van der Waals surface area contributed by atoms with E-state index in [1.807, 2.05) is 24.3 Å². The fraction of sp³-hybridized carbons (Fsp3) is 0.188. The molecule has 0 amide bonds. The molecule has 0 saturated carbocycles. The molecule has 0 aliphatic carbocycles. The van der Waals surface area contributed by atoms with Crippen molar-refractivity contribution < 1.29 is 9.53 Å². The van der Waals surface area contributed by atoms with Gasteiger partial charge in [-0.1, -0.05) is 41.4 Å². The van der Waals surface area contributed by atoms with Gasteiger partial charge in [0.25, 0.3) is 0 Å². The van der Waals surface area contributed by atoms with Gasteiger partial charge in [0.1, 0.15) is 5.75 Å². The number of hydrogen-bond acceptors (Lipinski definition) is 3. The van der Waals surface area contributed by atoms with Gasteiger partial charge in [-0.05, 0) is 29.8 Å². The maximum Gasteiger partial charge on any atom is 0.179 e. The zero-order valence-corrected chi connectivity index (χ0v) is 12.6. The standard InChI is InChI=1S/C16H13Cl2NO2/c17-11-4-3-5-12(18)10(11)8-14(20)16-9-19-13-6-1-2-7-15(13)21-16/h1-7,16,19H,8-9H2. The lowest BCUT2D eigenvalue weighted by atomic mass is 10.0. The van der Waals surface area contributed by atoms with E-state index in [4.69, 9.17) is 27.9 Å². The molecule has 0 aromatic heterocycles. The molecule has 0 fully saturated rings. The smallest absolute Gasteiger partial charge is 0.179 e. The van der Waals surface area contributed by atoms with Gasteiger partial charge in [-0.3, -0.25) is 4.79 Å². The minimum Gasteiger partial charge on any atom is -0.479 e. The van der Waals surface area contributed by atoms with E-state index >= 15 is 0 Å². The third-order valence-corrected chi connectivity index (χ3v) is 4.11. The number of halogens is 2. The molecule has 0 spiro atoms. The van der Waals surface area contributed by atoms with Gasteiger partial charge in [-0.15, -0.1) is 0 Å². The SMILES string of the molecule is O=C(Cc1c(Cl)cccc1Cl)C1CNc2ccccc2O1. The number of hydrogen-bond donors (Lipinski definition) is 1. The summed E-state index contributed by atoms with van der Waals surface area (Å²) in [5, 5.41) is 4.20. The Morgan fingerprint density at radius 1 is 1.14 bits per heavy atom. The number of fused-ring (bicyclic) bond motifs is 1. The van der Waals surface area contributed by atoms with E-state index in [9.17, 15) is 4.79 Å². The van der Waals surface area contributed by atoms with E-state index in [1.54, 1.807) is 18.2 Å². The Bertz CT molecular complexity index is 667. The first-order valence-corrected chi connectivity index (χ1v) is 7.36. The van der Waals surface area contributed by atoms with E-state index in [2.05, 4.69) is 5.32 Å². The van der Waals surface area contributed by atoms with Crippen molar-refractivity contribution in [2.75, 3.05) is 11.9 Å². The van der Waals surface area contributed by atoms with Crippen LogP contribution in [0.3, 0.4) is 0 Å². The summed E-state index contributed by atoms with van der Waals surface area (Å²) in [4.78, 5) is 12.4. The van der Waals surface area contributed by atoms with Gasteiger partial charge in [0.05, 0.1) is 12.2 Å². The number of nitrogens with one attached hydrogen (secondary N) is 1. The Kier molecular flexibility index (Phi) is 4.04. The van der Waals surface area contributed by atoms with Crippen LogP contribution < -0.4 is 10.1 Å². The number of rotatable bonds is 3. The molecule has 1 aliphatic rings. The Balaban J connectivity index is 1.76. The molecule has 108 valence electrons. The molecule has 0 radical (unpaired) electrons. The lowest BCUT2D eigenvalue weighted by molar-refractivity contribution is -0.124. The minimum absolute atomic E-state index is 0.0491. The zero-order valence-electron chi connectivity index (χ0n) is 11.1. The van der Waals surface area contributed by atoms with Crippen molar-refractivity contribution in [2.24, 2.45) is 0 Å². The van der Waals surface area contributed by atoms with Crippen LogP contribution >= 0.6 is 23.2 Å².